The van der Waals surface area contributed by atoms with Crippen molar-refractivity contribution in [3.8, 4) is 11.5 Å². The summed E-state index contributed by atoms with van der Waals surface area (Å²) in [5, 5.41) is 44.0. The van der Waals surface area contributed by atoms with Gasteiger partial charge in [-0.15, -0.1) is 0 Å². The molecule has 0 radical (unpaired) electrons. The van der Waals surface area contributed by atoms with Crippen LogP contribution in [0.3, 0.4) is 0 Å². The third-order valence-electron chi connectivity index (χ3n) is 7.59. The molecule has 2 N–H and O–H groups in total. The van der Waals surface area contributed by atoms with Crippen molar-refractivity contribution in [3.05, 3.63) is 67.8 Å². The van der Waals surface area contributed by atoms with Crippen LogP contribution in [-0.4, -0.2) is 20.1 Å². The maximum absolute atomic E-state index is 11.3. The van der Waals surface area contributed by atoms with Gasteiger partial charge in [-0.2, -0.15) is 0 Å². The lowest BCUT2D eigenvalue weighted by Gasteiger charge is -2.62. The van der Waals surface area contributed by atoms with E-state index in [0.717, 1.165) is 32.1 Å². The fourth-order valence-corrected chi connectivity index (χ4v) is 7.02. The lowest BCUT2D eigenvalue weighted by Crippen LogP contribution is -2.56. The van der Waals surface area contributed by atoms with Gasteiger partial charge in [-0.25, -0.2) is 0 Å². The highest BCUT2D eigenvalue weighted by molar-refractivity contribution is 5.52. The molecule has 0 amide bonds. The van der Waals surface area contributed by atoms with Gasteiger partial charge in [0.05, 0.1) is 9.85 Å². The SMILES string of the molecule is O=[N+]([O-])c1ccc(O)c(C23CC4CC(C2)CC(c2cc([N+](=O)[O-])ccc2O)(C4)C3)c1. The Hall–Kier alpha value is -3.16. The number of hydrogen-bond acceptors (Lipinski definition) is 6. The minimum absolute atomic E-state index is 0.0502. The van der Waals surface area contributed by atoms with Gasteiger partial charge < -0.3 is 10.2 Å². The quantitative estimate of drug-likeness (QED) is 0.555. The van der Waals surface area contributed by atoms with E-state index in [-0.39, 0.29) is 22.9 Å². The summed E-state index contributed by atoms with van der Waals surface area (Å²) in [5.41, 5.74) is 0.228. The fraction of sp³-hybridized carbons (Fsp3) is 0.455. The molecule has 8 nitrogen and oxygen atoms in total. The van der Waals surface area contributed by atoms with Gasteiger partial charge >= 0.3 is 0 Å². The molecule has 0 unspecified atom stereocenters. The monoisotopic (exact) mass is 410 g/mol. The minimum atomic E-state index is -0.453. The Morgan fingerprint density at radius 3 is 1.53 bits per heavy atom. The molecule has 4 aliphatic rings. The van der Waals surface area contributed by atoms with Crippen LogP contribution >= 0.6 is 0 Å². The standard InChI is InChI=1S/C22H22N2O6/c25-19-3-1-15(23(27)28)6-17(19)21-8-13-5-14(9-21)11-22(10-13,12-21)18-7-16(24(29)30)2-4-20(18)26/h1-4,6-7,13-14,25-26H,5,8-12H2. The summed E-state index contributed by atoms with van der Waals surface area (Å²) < 4.78 is 0. The average Bonchev–Trinajstić information content (AvgIpc) is 2.67. The zero-order valence-corrected chi connectivity index (χ0v) is 16.3. The number of aromatic hydroxyl groups is 2. The number of benzene rings is 2. The number of phenolic OH excluding ortho intramolecular Hbond substituents is 2. The molecule has 4 fully saturated rings. The summed E-state index contributed by atoms with van der Waals surface area (Å²) in [5.74, 6) is 0.814. The predicted molar refractivity (Wildman–Crippen MR) is 108 cm³/mol. The van der Waals surface area contributed by atoms with Gasteiger partial charge in [0.15, 0.2) is 0 Å². The van der Waals surface area contributed by atoms with Crippen LogP contribution in [0.25, 0.3) is 0 Å². The maximum Gasteiger partial charge on any atom is 0.269 e. The lowest BCUT2D eigenvalue weighted by atomic mass is 9.41. The van der Waals surface area contributed by atoms with E-state index in [9.17, 15) is 30.4 Å². The molecule has 4 bridgehead atoms. The van der Waals surface area contributed by atoms with E-state index >= 15 is 0 Å². The molecule has 156 valence electrons. The summed E-state index contributed by atoms with van der Waals surface area (Å²) >= 11 is 0. The van der Waals surface area contributed by atoms with E-state index in [1.165, 1.54) is 36.4 Å². The Morgan fingerprint density at radius 1 is 0.767 bits per heavy atom. The molecule has 2 aromatic rings. The van der Waals surface area contributed by atoms with Crippen molar-refractivity contribution in [1.82, 2.24) is 0 Å². The average molecular weight is 410 g/mol. The molecule has 4 aliphatic carbocycles. The van der Waals surface area contributed by atoms with Crippen molar-refractivity contribution in [2.75, 3.05) is 0 Å². The van der Waals surface area contributed by atoms with Gasteiger partial charge in [-0.3, -0.25) is 20.2 Å². The highest BCUT2D eigenvalue weighted by Crippen LogP contribution is 2.68. The Kier molecular flexibility index (Phi) is 3.87. The number of nitro groups is 2. The van der Waals surface area contributed by atoms with E-state index < -0.39 is 20.7 Å². The molecular formula is C22H22N2O6. The smallest absolute Gasteiger partial charge is 0.269 e. The van der Waals surface area contributed by atoms with Gasteiger partial charge in [-0.1, -0.05) is 0 Å². The number of nitrogens with zero attached hydrogens (tertiary/aromatic N) is 2. The van der Waals surface area contributed by atoms with Crippen LogP contribution in [0.15, 0.2) is 36.4 Å². The van der Waals surface area contributed by atoms with E-state index in [4.69, 9.17) is 0 Å². The van der Waals surface area contributed by atoms with Gasteiger partial charge in [0.2, 0.25) is 0 Å². The van der Waals surface area contributed by atoms with E-state index in [1.54, 1.807) is 0 Å². The van der Waals surface area contributed by atoms with Crippen LogP contribution in [0.5, 0.6) is 11.5 Å². The summed E-state index contributed by atoms with van der Waals surface area (Å²) in [7, 11) is 0. The van der Waals surface area contributed by atoms with Crippen molar-refractivity contribution in [2.45, 2.75) is 49.4 Å². The molecular weight excluding hydrogens is 388 g/mol. The highest BCUT2D eigenvalue weighted by Gasteiger charge is 2.60. The van der Waals surface area contributed by atoms with Gasteiger partial charge in [0.1, 0.15) is 11.5 Å². The maximum atomic E-state index is 11.3. The molecule has 2 aromatic carbocycles. The first-order chi connectivity index (χ1) is 14.2. The second-order valence-corrected chi connectivity index (χ2v) is 9.44. The molecule has 4 saturated carbocycles. The molecule has 0 aromatic heterocycles. The normalized spacial score (nSPS) is 31.6. The zero-order valence-electron chi connectivity index (χ0n) is 16.3. The second kappa shape index (κ2) is 6.17. The molecule has 30 heavy (non-hydrogen) atoms. The number of rotatable bonds is 4. The molecule has 6 rings (SSSR count). The molecule has 0 heterocycles. The number of non-ortho nitro benzene ring substituents is 2. The third kappa shape index (κ3) is 2.66. The number of hydrogen-bond donors (Lipinski definition) is 2. The van der Waals surface area contributed by atoms with Crippen LogP contribution in [0.1, 0.15) is 49.7 Å². The molecule has 0 atom stereocenters. The Morgan fingerprint density at radius 2 is 1.17 bits per heavy atom. The summed E-state index contributed by atoms with van der Waals surface area (Å²) in [6, 6.07) is 8.38. The van der Waals surface area contributed by atoms with Crippen LogP contribution < -0.4 is 0 Å². The first-order valence-corrected chi connectivity index (χ1v) is 10.2. The zero-order chi connectivity index (χ0) is 21.3. The van der Waals surface area contributed by atoms with Crippen LogP contribution in [-0.2, 0) is 10.8 Å². The van der Waals surface area contributed by atoms with Gasteiger partial charge in [0.25, 0.3) is 11.4 Å². The van der Waals surface area contributed by atoms with Crippen molar-refractivity contribution < 1.29 is 20.1 Å². The Bertz CT molecular complexity index is 986. The minimum Gasteiger partial charge on any atom is -0.508 e. The van der Waals surface area contributed by atoms with Crippen molar-refractivity contribution in [2.24, 2.45) is 11.8 Å². The first kappa shape index (κ1) is 18.8. The van der Waals surface area contributed by atoms with Crippen molar-refractivity contribution in [1.29, 1.82) is 0 Å². The van der Waals surface area contributed by atoms with E-state index in [0.29, 0.717) is 29.4 Å². The first-order valence-electron chi connectivity index (χ1n) is 10.2. The number of phenols is 2. The van der Waals surface area contributed by atoms with Crippen molar-refractivity contribution >= 4 is 11.4 Å². The van der Waals surface area contributed by atoms with Gasteiger partial charge in [0, 0.05) is 46.2 Å². The van der Waals surface area contributed by atoms with Crippen LogP contribution in [0, 0.1) is 32.1 Å². The molecule has 0 saturated heterocycles. The topological polar surface area (TPSA) is 127 Å². The fourth-order valence-electron chi connectivity index (χ4n) is 7.02. The van der Waals surface area contributed by atoms with E-state index in [2.05, 4.69) is 0 Å². The molecule has 0 spiro atoms. The predicted octanol–water partition coefficient (Wildman–Crippen LogP) is 4.70. The lowest BCUT2D eigenvalue weighted by molar-refractivity contribution is -0.385. The Labute approximate surface area is 172 Å². The summed E-state index contributed by atoms with van der Waals surface area (Å²) in [6.07, 6.45) is 4.97. The van der Waals surface area contributed by atoms with Gasteiger partial charge in [-0.05, 0) is 62.5 Å². The summed E-state index contributed by atoms with van der Waals surface area (Å²) in [4.78, 5) is 21.8. The third-order valence-corrected chi connectivity index (χ3v) is 7.59. The van der Waals surface area contributed by atoms with E-state index in [1.807, 2.05) is 0 Å². The Balaban J connectivity index is 1.65. The molecule has 0 aliphatic heterocycles. The van der Waals surface area contributed by atoms with Crippen molar-refractivity contribution in [3.63, 3.8) is 0 Å². The molecule has 8 heteroatoms. The highest BCUT2D eigenvalue weighted by atomic mass is 16.6. The largest absolute Gasteiger partial charge is 0.508 e. The summed E-state index contributed by atoms with van der Waals surface area (Å²) in [6.45, 7) is 0. The number of nitro benzene ring substituents is 2. The van der Waals surface area contributed by atoms with Crippen LogP contribution in [0.4, 0.5) is 11.4 Å². The van der Waals surface area contributed by atoms with Crippen LogP contribution in [0.2, 0.25) is 0 Å². The second-order valence-electron chi connectivity index (χ2n) is 9.44.